The molecule has 4 bridgehead atoms. The van der Waals surface area contributed by atoms with E-state index >= 15 is 0 Å². The first-order valence-electron chi connectivity index (χ1n) is 11.5. The molecule has 2 N–H and O–H groups in total. The summed E-state index contributed by atoms with van der Waals surface area (Å²) in [6.07, 6.45) is -3.21. The predicted molar refractivity (Wildman–Crippen MR) is 108 cm³/mol. The Bertz CT molecular complexity index is 719. The molecular formula is C22H35F5O3Si. The summed E-state index contributed by atoms with van der Waals surface area (Å²) in [5, 5.41) is 20.7. The van der Waals surface area contributed by atoms with E-state index in [1.54, 1.807) is 0 Å². The van der Waals surface area contributed by atoms with Crippen LogP contribution >= 0.6 is 0 Å². The molecule has 0 aromatic rings. The Morgan fingerprint density at radius 3 is 1.87 bits per heavy atom. The maximum absolute atomic E-state index is 15.0. The van der Waals surface area contributed by atoms with Crippen molar-refractivity contribution in [3.63, 3.8) is 0 Å². The summed E-state index contributed by atoms with van der Waals surface area (Å²) in [5.74, 6) is -8.71. The number of aliphatic hydroxyl groups is 2. The second-order valence-electron chi connectivity index (χ2n) is 12.3. The fourth-order valence-electron chi connectivity index (χ4n) is 7.80. The van der Waals surface area contributed by atoms with Gasteiger partial charge in [-0.1, -0.05) is 26.2 Å². The SMILES string of the molecule is CC1OC(O)(C(F)(F)F)C(F)(F)C1(O)C1CC2CC1C1C3CCC(C3)C21.C[Si](C)(C)C. The van der Waals surface area contributed by atoms with E-state index in [0.29, 0.717) is 30.6 Å². The Kier molecular flexibility index (Phi) is 5.31. The summed E-state index contributed by atoms with van der Waals surface area (Å²) in [4.78, 5) is 0. The highest BCUT2D eigenvalue weighted by molar-refractivity contribution is 6.74. The molecule has 0 amide bonds. The maximum atomic E-state index is 15.0. The molecule has 1 aliphatic heterocycles. The van der Waals surface area contributed by atoms with Gasteiger partial charge in [-0.25, -0.2) is 0 Å². The summed E-state index contributed by atoms with van der Waals surface area (Å²) in [5.41, 5.74) is -3.01. The first-order valence-corrected chi connectivity index (χ1v) is 15.5. The molecular weight excluding hydrogens is 435 g/mol. The number of hydrogen-bond donors (Lipinski definition) is 2. The van der Waals surface area contributed by atoms with Gasteiger partial charge in [0.05, 0.1) is 6.10 Å². The van der Waals surface area contributed by atoms with Crippen molar-refractivity contribution < 1.29 is 36.9 Å². The van der Waals surface area contributed by atoms with Crippen molar-refractivity contribution in [1.82, 2.24) is 0 Å². The molecule has 10 atom stereocenters. The highest BCUT2D eigenvalue weighted by Crippen LogP contribution is 2.72. The van der Waals surface area contributed by atoms with Crippen LogP contribution in [0.25, 0.3) is 0 Å². The van der Waals surface area contributed by atoms with Crippen LogP contribution in [0.2, 0.25) is 26.2 Å². The average Bonchev–Trinajstić information content (AvgIpc) is 3.36. The Labute approximate surface area is 181 Å². The third-order valence-corrected chi connectivity index (χ3v) is 8.58. The molecule has 180 valence electrons. The molecule has 9 heteroatoms. The summed E-state index contributed by atoms with van der Waals surface area (Å²) < 4.78 is 73.9. The minimum absolute atomic E-state index is 0.192. The second kappa shape index (κ2) is 6.89. The lowest BCUT2D eigenvalue weighted by atomic mass is 9.61. The Hall–Kier alpha value is -0.253. The van der Waals surface area contributed by atoms with Gasteiger partial charge in [-0.15, -0.1) is 0 Å². The van der Waals surface area contributed by atoms with Gasteiger partial charge in [0, 0.05) is 8.07 Å². The van der Waals surface area contributed by atoms with E-state index in [-0.39, 0.29) is 17.8 Å². The first-order chi connectivity index (χ1) is 13.9. The minimum Gasteiger partial charge on any atom is -0.380 e. The standard InChI is InChI=1S/C18H23F5O3.C4H12Si/c1-7-15(24,16(19,20)17(25,26-7)18(21,22)23)12-6-10-5-11(12)14-9-3-2-8(4-9)13(10)14;1-5(2,3)4/h7-14,24-25H,2-6H2,1H3;1-4H3. The molecule has 31 heavy (non-hydrogen) atoms. The van der Waals surface area contributed by atoms with Crippen LogP contribution < -0.4 is 0 Å². The van der Waals surface area contributed by atoms with Crippen molar-refractivity contribution >= 4 is 8.07 Å². The second-order valence-corrected chi connectivity index (χ2v) is 18.3. The van der Waals surface area contributed by atoms with E-state index in [4.69, 9.17) is 0 Å². The molecule has 0 aromatic carbocycles. The lowest BCUT2D eigenvalue weighted by Gasteiger charge is -2.47. The van der Waals surface area contributed by atoms with Gasteiger partial charge in [0.1, 0.15) is 0 Å². The van der Waals surface area contributed by atoms with Gasteiger partial charge in [-0.3, -0.25) is 0 Å². The van der Waals surface area contributed by atoms with Gasteiger partial charge in [-0.05, 0) is 80.5 Å². The highest BCUT2D eigenvalue weighted by Gasteiger charge is 2.87. The molecule has 0 radical (unpaired) electrons. The third-order valence-electron chi connectivity index (χ3n) is 8.58. The van der Waals surface area contributed by atoms with Gasteiger partial charge >= 0.3 is 17.9 Å². The van der Waals surface area contributed by atoms with Gasteiger partial charge < -0.3 is 14.9 Å². The van der Waals surface area contributed by atoms with E-state index in [0.717, 1.165) is 26.2 Å². The molecule has 5 fully saturated rings. The molecule has 5 aliphatic rings. The smallest absolute Gasteiger partial charge is 0.380 e. The van der Waals surface area contributed by atoms with E-state index < -0.39 is 43.6 Å². The largest absolute Gasteiger partial charge is 0.449 e. The molecule has 10 unspecified atom stereocenters. The summed E-state index contributed by atoms with van der Waals surface area (Å²) in [7, 11) is -0.611. The Morgan fingerprint density at radius 2 is 1.39 bits per heavy atom. The first kappa shape index (κ1) is 23.9. The van der Waals surface area contributed by atoms with Gasteiger partial charge in [-0.2, -0.15) is 22.0 Å². The van der Waals surface area contributed by atoms with Crippen molar-refractivity contribution in [2.24, 2.45) is 41.4 Å². The van der Waals surface area contributed by atoms with Crippen LogP contribution in [-0.4, -0.2) is 47.9 Å². The van der Waals surface area contributed by atoms with E-state index in [1.807, 2.05) is 0 Å². The van der Waals surface area contributed by atoms with Crippen LogP contribution in [0.4, 0.5) is 22.0 Å². The van der Waals surface area contributed by atoms with Crippen LogP contribution in [0, 0.1) is 41.4 Å². The molecule has 5 rings (SSSR count). The highest BCUT2D eigenvalue weighted by atomic mass is 28.3. The Morgan fingerprint density at radius 1 is 0.871 bits per heavy atom. The van der Waals surface area contributed by atoms with Crippen LogP contribution in [0.3, 0.4) is 0 Å². The predicted octanol–water partition coefficient (Wildman–Crippen LogP) is 5.30. The number of ether oxygens (including phenoxy) is 1. The van der Waals surface area contributed by atoms with Gasteiger partial charge in [0.25, 0.3) is 0 Å². The van der Waals surface area contributed by atoms with E-state index in [2.05, 4.69) is 30.9 Å². The van der Waals surface area contributed by atoms with Crippen LogP contribution in [0.5, 0.6) is 0 Å². The number of halogens is 5. The fourth-order valence-corrected chi connectivity index (χ4v) is 7.80. The molecule has 0 aromatic heterocycles. The topological polar surface area (TPSA) is 49.7 Å². The summed E-state index contributed by atoms with van der Waals surface area (Å²) >= 11 is 0. The number of alkyl halides is 5. The maximum Gasteiger partial charge on any atom is 0.449 e. The van der Waals surface area contributed by atoms with Crippen molar-refractivity contribution in [3.8, 4) is 0 Å². The number of hydrogen-bond acceptors (Lipinski definition) is 3. The van der Waals surface area contributed by atoms with Crippen LogP contribution in [0.15, 0.2) is 0 Å². The summed E-state index contributed by atoms with van der Waals surface area (Å²) in [6.45, 7) is 10.3. The zero-order valence-electron chi connectivity index (χ0n) is 18.8. The fraction of sp³-hybridized carbons (Fsp3) is 1.00. The van der Waals surface area contributed by atoms with Crippen LogP contribution in [0.1, 0.15) is 39.0 Å². The lowest BCUT2D eigenvalue weighted by molar-refractivity contribution is -0.413. The lowest BCUT2D eigenvalue weighted by Crippen LogP contribution is -2.67. The van der Waals surface area contributed by atoms with Crippen molar-refractivity contribution in [1.29, 1.82) is 0 Å². The van der Waals surface area contributed by atoms with Gasteiger partial charge in [0.15, 0.2) is 5.60 Å². The third kappa shape index (κ3) is 3.19. The van der Waals surface area contributed by atoms with E-state index in [1.165, 1.54) is 0 Å². The van der Waals surface area contributed by atoms with E-state index in [9.17, 15) is 32.2 Å². The van der Waals surface area contributed by atoms with Crippen LogP contribution in [-0.2, 0) is 4.74 Å². The molecule has 1 heterocycles. The van der Waals surface area contributed by atoms with Crippen molar-refractivity contribution in [2.45, 2.75) is 94.8 Å². The average molecular weight is 471 g/mol. The molecule has 0 spiro atoms. The Balaban J connectivity index is 0.000000418. The molecule has 1 saturated heterocycles. The molecule has 4 aliphatic carbocycles. The zero-order valence-corrected chi connectivity index (χ0v) is 19.8. The summed E-state index contributed by atoms with van der Waals surface area (Å²) in [6, 6.07) is 0. The quantitative estimate of drug-likeness (QED) is 0.311. The number of rotatable bonds is 1. The zero-order chi connectivity index (χ0) is 23.4. The monoisotopic (exact) mass is 470 g/mol. The normalized spacial score (nSPS) is 52.3. The van der Waals surface area contributed by atoms with Crippen molar-refractivity contribution in [3.05, 3.63) is 0 Å². The molecule has 4 saturated carbocycles. The number of fused-ring (bicyclic) bond motifs is 9. The molecule has 3 nitrogen and oxygen atoms in total. The van der Waals surface area contributed by atoms with Crippen molar-refractivity contribution in [2.75, 3.05) is 0 Å². The van der Waals surface area contributed by atoms with Gasteiger partial charge in [0.2, 0.25) is 0 Å². The minimum atomic E-state index is -5.69.